The normalized spacial score (nSPS) is 10.3. The number of nitrogens with one attached hydrogen (secondary N) is 2. The van der Waals surface area contributed by atoms with E-state index in [0.717, 1.165) is 0 Å². The summed E-state index contributed by atoms with van der Waals surface area (Å²) in [5.74, 6) is -0.388. The predicted octanol–water partition coefficient (Wildman–Crippen LogP) is 1.15. The van der Waals surface area contributed by atoms with Crippen LogP contribution in [0.5, 0.6) is 0 Å². The lowest BCUT2D eigenvalue weighted by Gasteiger charge is -1.99. The topological polar surface area (TPSA) is 109 Å². The molecule has 18 heavy (non-hydrogen) atoms. The summed E-state index contributed by atoms with van der Waals surface area (Å²) in [7, 11) is 0. The van der Waals surface area contributed by atoms with Gasteiger partial charge in [-0.3, -0.25) is 14.9 Å². The number of H-pyrrole nitrogens is 2. The van der Waals surface area contributed by atoms with E-state index in [1.54, 1.807) is 6.92 Å². The van der Waals surface area contributed by atoms with E-state index in [-0.39, 0.29) is 22.7 Å². The van der Waals surface area contributed by atoms with Gasteiger partial charge in [0.25, 0.3) is 5.69 Å². The number of carbonyl (C=O) groups is 1. The smallest absolute Gasteiger partial charge is 0.310 e. The lowest BCUT2D eigenvalue weighted by molar-refractivity contribution is -0.384. The zero-order chi connectivity index (χ0) is 13.3. The number of non-ortho nitro benzene ring substituents is 1. The number of carbonyl (C=O) groups excluding carboxylic acids is 1. The number of nitro benzene ring substituents is 1. The molecule has 92 valence electrons. The Labute approximate surface area is 101 Å². The zero-order valence-corrected chi connectivity index (χ0v) is 9.39. The number of hydrogen-bond donors (Lipinski definition) is 2. The minimum absolute atomic E-state index is 0.0918. The molecule has 0 aliphatic carbocycles. The van der Waals surface area contributed by atoms with Gasteiger partial charge >= 0.3 is 5.69 Å². The molecular formula is C11H9N3O4. The molecular weight excluding hydrogens is 238 g/mol. The van der Waals surface area contributed by atoms with Gasteiger partial charge in [-0.05, 0) is 19.1 Å². The van der Waals surface area contributed by atoms with Crippen molar-refractivity contribution in [3.8, 4) is 0 Å². The zero-order valence-electron chi connectivity index (χ0n) is 9.39. The quantitative estimate of drug-likeness (QED) is 0.481. The fourth-order valence-corrected chi connectivity index (χ4v) is 1.58. The van der Waals surface area contributed by atoms with Crippen molar-refractivity contribution in [2.75, 3.05) is 0 Å². The molecule has 0 saturated heterocycles. The first-order valence-electron chi connectivity index (χ1n) is 5.07. The van der Waals surface area contributed by atoms with Gasteiger partial charge in [-0.2, -0.15) is 0 Å². The highest BCUT2D eigenvalue weighted by Crippen LogP contribution is 2.15. The molecule has 1 aromatic carbocycles. The van der Waals surface area contributed by atoms with Gasteiger partial charge in [-0.1, -0.05) is 0 Å². The molecule has 0 atom stereocenters. The van der Waals surface area contributed by atoms with Crippen LogP contribution < -0.4 is 5.69 Å². The van der Waals surface area contributed by atoms with E-state index in [0.29, 0.717) is 5.69 Å². The van der Waals surface area contributed by atoms with Crippen LogP contribution in [0.2, 0.25) is 0 Å². The average Bonchev–Trinajstić information content (AvgIpc) is 2.67. The van der Waals surface area contributed by atoms with Crippen molar-refractivity contribution in [2.24, 2.45) is 0 Å². The van der Waals surface area contributed by atoms with E-state index in [4.69, 9.17) is 0 Å². The SMILES string of the molecule is Cc1[nH]c(=O)[nH]c1C(=O)c1ccc([N+](=O)[O-])cc1. The van der Waals surface area contributed by atoms with Crippen LogP contribution in [0.15, 0.2) is 29.1 Å². The number of aryl methyl sites for hydroxylation is 1. The van der Waals surface area contributed by atoms with Gasteiger partial charge in [-0.15, -0.1) is 0 Å². The Balaban J connectivity index is 2.37. The maximum absolute atomic E-state index is 12.0. The number of ketones is 1. The van der Waals surface area contributed by atoms with Gasteiger partial charge in [0.05, 0.1) is 4.92 Å². The number of nitro groups is 1. The lowest BCUT2D eigenvalue weighted by Crippen LogP contribution is -2.06. The van der Waals surface area contributed by atoms with Crippen molar-refractivity contribution in [3.05, 3.63) is 61.8 Å². The van der Waals surface area contributed by atoms with Gasteiger partial charge in [0.15, 0.2) is 0 Å². The molecule has 1 heterocycles. The molecule has 0 aliphatic rings. The third-order valence-electron chi connectivity index (χ3n) is 2.48. The van der Waals surface area contributed by atoms with Crippen LogP contribution in [0, 0.1) is 17.0 Å². The Morgan fingerprint density at radius 1 is 1.22 bits per heavy atom. The number of aromatic nitrogens is 2. The fraction of sp³-hybridized carbons (Fsp3) is 0.0909. The Morgan fingerprint density at radius 2 is 1.83 bits per heavy atom. The van der Waals surface area contributed by atoms with Crippen molar-refractivity contribution >= 4 is 11.5 Å². The van der Waals surface area contributed by atoms with E-state index in [2.05, 4.69) is 9.97 Å². The average molecular weight is 247 g/mol. The second-order valence-corrected chi connectivity index (χ2v) is 3.71. The van der Waals surface area contributed by atoms with Crippen LogP contribution in [-0.2, 0) is 0 Å². The summed E-state index contributed by atoms with van der Waals surface area (Å²) in [5.41, 5.74) is 0.319. The number of aromatic amines is 2. The Hall–Kier alpha value is -2.70. The molecule has 0 radical (unpaired) electrons. The van der Waals surface area contributed by atoms with Crippen molar-refractivity contribution in [2.45, 2.75) is 6.92 Å². The number of nitrogens with zero attached hydrogens (tertiary/aromatic N) is 1. The molecule has 0 saturated carbocycles. The van der Waals surface area contributed by atoms with E-state index >= 15 is 0 Å². The van der Waals surface area contributed by atoms with E-state index in [9.17, 15) is 19.7 Å². The summed E-state index contributed by atoms with van der Waals surface area (Å²) in [6.45, 7) is 1.59. The maximum atomic E-state index is 12.0. The summed E-state index contributed by atoms with van der Waals surface area (Å²) >= 11 is 0. The minimum atomic E-state index is -0.544. The third kappa shape index (κ3) is 2.05. The largest absolute Gasteiger partial charge is 0.323 e. The summed E-state index contributed by atoms with van der Waals surface area (Å²) in [6, 6.07) is 5.19. The van der Waals surface area contributed by atoms with Crippen LogP contribution in [0.4, 0.5) is 5.69 Å². The van der Waals surface area contributed by atoms with E-state index < -0.39 is 10.6 Å². The molecule has 0 spiro atoms. The fourth-order valence-electron chi connectivity index (χ4n) is 1.58. The van der Waals surface area contributed by atoms with E-state index in [1.807, 2.05) is 0 Å². The molecule has 7 heteroatoms. The van der Waals surface area contributed by atoms with Crippen LogP contribution >= 0.6 is 0 Å². The summed E-state index contributed by atoms with van der Waals surface area (Å²) in [4.78, 5) is 37.8. The standard InChI is InChI=1S/C11H9N3O4/c1-6-9(13-11(16)12-6)10(15)7-2-4-8(5-3-7)14(17)18/h2-5H,1H3,(H2,12,13,16). The highest BCUT2D eigenvalue weighted by Gasteiger charge is 2.15. The maximum Gasteiger partial charge on any atom is 0.323 e. The number of rotatable bonds is 3. The highest BCUT2D eigenvalue weighted by atomic mass is 16.6. The monoisotopic (exact) mass is 247 g/mol. The molecule has 0 amide bonds. The molecule has 0 aliphatic heterocycles. The van der Waals surface area contributed by atoms with Crippen LogP contribution in [0.3, 0.4) is 0 Å². The number of imidazole rings is 1. The summed E-state index contributed by atoms with van der Waals surface area (Å²) < 4.78 is 0. The van der Waals surface area contributed by atoms with Gasteiger partial charge in [0.1, 0.15) is 5.69 Å². The number of hydrogen-bond acceptors (Lipinski definition) is 4. The van der Waals surface area contributed by atoms with E-state index in [1.165, 1.54) is 24.3 Å². The summed E-state index contributed by atoms with van der Waals surface area (Å²) in [5, 5.41) is 10.5. The second kappa shape index (κ2) is 4.28. The molecule has 1 aromatic heterocycles. The van der Waals surface area contributed by atoms with Crippen LogP contribution in [-0.4, -0.2) is 20.7 Å². The van der Waals surface area contributed by atoms with Gasteiger partial charge in [0, 0.05) is 23.4 Å². The minimum Gasteiger partial charge on any atom is -0.310 e. The van der Waals surface area contributed by atoms with Gasteiger partial charge in [-0.25, -0.2) is 4.79 Å². The van der Waals surface area contributed by atoms with Crippen LogP contribution in [0.25, 0.3) is 0 Å². The van der Waals surface area contributed by atoms with Crippen molar-refractivity contribution in [1.29, 1.82) is 0 Å². The van der Waals surface area contributed by atoms with Gasteiger partial charge in [0.2, 0.25) is 5.78 Å². The Kier molecular flexibility index (Phi) is 2.80. The number of benzene rings is 1. The third-order valence-corrected chi connectivity index (χ3v) is 2.48. The highest BCUT2D eigenvalue weighted by molar-refractivity contribution is 6.08. The molecule has 2 rings (SSSR count). The molecule has 0 fully saturated rings. The van der Waals surface area contributed by atoms with Gasteiger partial charge < -0.3 is 9.97 Å². The molecule has 7 nitrogen and oxygen atoms in total. The van der Waals surface area contributed by atoms with Crippen molar-refractivity contribution < 1.29 is 9.72 Å². The first-order valence-corrected chi connectivity index (χ1v) is 5.07. The van der Waals surface area contributed by atoms with Crippen molar-refractivity contribution in [1.82, 2.24) is 9.97 Å². The van der Waals surface area contributed by atoms with Crippen molar-refractivity contribution in [3.63, 3.8) is 0 Å². The second-order valence-electron chi connectivity index (χ2n) is 3.71. The molecule has 0 bridgehead atoms. The Morgan fingerprint density at radius 3 is 2.28 bits per heavy atom. The predicted molar refractivity (Wildman–Crippen MR) is 62.7 cm³/mol. The molecule has 2 aromatic rings. The van der Waals surface area contributed by atoms with Crippen LogP contribution in [0.1, 0.15) is 21.7 Å². The first kappa shape index (κ1) is 11.8. The summed E-state index contributed by atoms with van der Waals surface area (Å²) in [6.07, 6.45) is 0. The molecule has 0 unspecified atom stereocenters. The lowest BCUT2D eigenvalue weighted by atomic mass is 10.1. The Bertz CT molecular complexity index is 666. The molecule has 2 N–H and O–H groups in total. The first-order chi connectivity index (χ1) is 8.49.